The molecule has 1 amide bonds. The third kappa shape index (κ3) is 4.71. The van der Waals surface area contributed by atoms with E-state index in [1.165, 1.54) is 12.0 Å². The number of benzene rings is 1. The van der Waals surface area contributed by atoms with Gasteiger partial charge in [-0.3, -0.25) is 0 Å². The number of anilines is 1. The van der Waals surface area contributed by atoms with Crippen molar-refractivity contribution in [1.82, 2.24) is 15.0 Å². The number of hydrogen-bond donors (Lipinski definition) is 1. The number of amides is 1. The molecule has 1 aromatic heterocycles. The molecule has 1 aromatic carbocycles. The van der Waals surface area contributed by atoms with Crippen molar-refractivity contribution in [2.75, 3.05) is 19.5 Å². The molecule has 7 nitrogen and oxygen atoms in total. The molecule has 2 rings (SSSR count). The third-order valence-electron chi connectivity index (χ3n) is 3.57. The van der Waals surface area contributed by atoms with Crippen molar-refractivity contribution < 1.29 is 14.1 Å². The van der Waals surface area contributed by atoms with E-state index in [2.05, 4.69) is 27.1 Å². The summed E-state index contributed by atoms with van der Waals surface area (Å²) < 4.78 is 9.96. The second-order valence-electron chi connectivity index (χ2n) is 5.69. The molecular weight excluding hydrogens is 308 g/mol. The Balaban J connectivity index is 1.94. The normalized spacial score (nSPS) is 11.8. The second-order valence-corrected chi connectivity index (χ2v) is 5.69. The first-order valence-corrected chi connectivity index (χ1v) is 8.00. The summed E-state index contributed by atoms with van der Waals surface area (Å²) in [5.41, 5.74) is 1.96. The molecule has 0 radical (unpaired) electrons. The van der Waals surface area contributed by atoms with Crippen LogP contribution in [-0.4, -0.2) is 35.3 Å². The van der Waals surface area contributed by atoms with Crippen LogP contribution in [0.3, 0.4) is 0 Å². The van der Waals surface area contributed by atoms with E-state index in [1.54, 1.807) is 7.05 Å². The number of carbonyl (C=O) groups is 1. The molecule has 1 N–H and O–H groups in total. The Hall–Kier alpha value is -2.57. The molecule has 0 saturated carbocycles. The second kappa shape index (κ2) is 8.33. The summed E-state index contributed by atoms with van der Waals surface area (Å²) >= 11 is 0. The summed E-state index contributed by atoms with van der Waals surface area (Å²) in [6.45, 7) is 4.55. The molecule has 1 atom stereocenters. The summed E-state index contributed by atoms with van der Waals surface area (Å²) in [5, 5.41) is 7.29. The highest BCUT2D eigenvalue weighted by Crippen LogP contribution is 2.19. The molecule has 0 aliphatic heterocycles. The monoisotopic (exact) mass is 332 g/mol. The minimum Gasteiger partial charge on any atom is -0.453 e. The molecule has 0 aliphatic rings. The van der Waals surface area contributed by atoms with Gasteiger partial charge in [0.05, 0.1) is 7.11 Å². The van der Waals surface area contributed by atoms with Crippen LogP contribution in [0, 0.1) is 0 Å². The predicted octanol–water partition coefficient (Wildman–Crippen LogP) is 3.39. The van der Waals surface area contributed by atoms with Crippen molar-refractivity contribution in [2.45, 2.75) is 39.3 Å². The Morgan fingerprint density at radius 2 is 2.08 bits per heavy atom. The van der Waals surface area contributed by atoms with Gasteiger partial charge in [0.15, 0.2) is 5.82 Å². The van der Waals surface area contributed by atoms with Gasteiger partial charge < -0.3 is 19.5 Å². The highest BCUT2D eigenvalue weighted by molar-refractivity contribution is 5.67. The zero-order valence-electron chi connectivity index (χ0n) is 14.6. The number of nitrogens with one attached hydrogen (secondary N) is 1. The number of aryl methyl sites for hydroxylation is 1. The first-order valence-electron chi connectivity index (χ1n) is 8.00. The average molecular weight is 332 g/mol. The Bertz CT molecular complexity index is 654. The average Bonchev–Trinajstić information content (AvgIpc) is 3.05. The predicted molar refractivity (Wildman–Crippen MR) is 90.6 cm³/mol. The van der Waals surface area contributed by atoms with Gasteiger partial charge in [0, 0.05) is 25.7 Å². The van der Waals surface area contributed by atoms with E-state index in [9.17, 15) is 4.79 Å². The maximum absolute atomic E-state index is 11.4. The largest absolute Gasteiger partial charge is 0.453 e. The molecule has 0 aliphatic carbocycles. The van der Waals surface area contributed by atoms with Gasteiger partial charge in [0.25, 0.3) is 0 Å². The van der Waals surface area contributed by atoms with E-state index < -0.39 is 0 Å². The number of aromatic nitrogens is 2. The van der Waals surface area contributed by atoms with E-state index in [0.29, 0.717) is 12.4 Å². The molecule has 0 fully saturated rings. The summed E-state index contributed by atoms with van der Waals surface area (Å²) in [5.74, 6) is 1.32. The number of hydrogen-bond acceptors (Lipinski definition) is 6. The highest BCUT2D eigenvalue weighted by Gasteiger charge is 2.14. The fourth-order valence-corrected chi connectivity index (χ4v) is 2.28. The van der Waals surface area contributed by atoms with Crippen molar-refractivity contribution in [2.24, 2.45) is 0 Å². The third-order valence-corrected chi connectivity index (χ3v) is 3.57. The Labute approximate surface area is 142 Å². The van der Waals surface area contributed by atoms with Crippen LogP contribution in [0.15, 0.2) is 28.8 Å². The van der Waals surface area contributed by atoms with Crippen LogP contribution in [0.5, 0.6) is 0 Å². The number of carbonyl (C=O) groups excluding carboxylic acids is 1. The minimum absolute atomic E-state index is 0.0771. The number of methoxy groups -OCH3 is 1. The van der Waals surface area contributed by atoms with Gasteiger partial charge in [-0.2, -0.15) is 4.98 Å². The molecule has 0 bridgehead atoms. The lowest BCUT2D eigenvalue weighted by atomic mass is 10.2. The maximum Gasteiger partial charge on any atom is 0.409 e. The van der Waals surface area contributed by atoms with Gasteiger partial charge in [-0.05, 0) is 31.0 Å². The van der Waals surface area contributed by atoms with E-state index in [1.807, 2.05) is 31.2 Å². The molecule has 0 spiro atoms. The van der Waals surface area contributed by atoms with Crippen LogP contribution in [0.2, 0.25) is 0 Å². The molecule has 24 heavy (non-hydrogen) atoms. The zero-order valence-corrected chi connectivity index (χ0v) is 14.6. The van der Waals surface area contributed by atoms with E-state index in [-0.39, 0.29) is 12.1 Å². The van der Waals surface area contributed by atoms with Crippen LogP contribution in [0.4, 0.5) is 10.5 Å². The smallest absolute Gasteiger partial charge is 0.409 e. The van der Waals surface area contributed by atoms with Gasteiger partial charge in [-0.1, -0.05) is 24.2 Å². The fraction of sp³-hybridized carbons (Fsp3) is 0.471. The Kier molecular flexibility index (Phi) is 6.17. The van der Waals surface area contributed by atoms with E-state index in [4.69, 9.17) is 4.52 Å². The number of nitrogens with zero attached hydrogens (tertiary/aromatic N) is 3. The standard InChI is InChI=1S/C17H24N4O3/c1-5-6-15-19-16(24-20-15)12(2)18-14-9-7-13(8-10-14)11-21(3)17(22)23-4/h7-10,12,18H,5-6,11H2,1-4H3/t12-/m0/s1. The molecule has 0 unspecified atom stereocenters. The quantitative estimate of drug-likeness (QED) is 0.837. The van der Waals surface area contributed by atoms with Crippen molar-refractivity contribution in [3.05, 3.63) is 41.5 Å². The molecular formula is C17H24N4O3. The summed E-state index contributed by atoms with van der Waals surface area (Å²) in [4.78, 5) is 17.3. The van der Waals surface area contributed by atoms with Crippen LogP contribution in [0.25, 0.3) is 0 Å². The van der Waals surface area contributed by atoms with Crippen molar-refractivity contribution in [3.8, 4) is 0 Å². The topological polar surface area (TPSA) is 80.5 Å². The van der Waals surface area contributed by atoms with Crippen LogP contribution in [-0.2, 0) is 17.7 Å². The van der Waals surface area contributed by atoms with Gasteiger partial charge >= 0.3 is 6.09 Å². The summed E-state index contributed by atoms with van der Waals surface area (Å²) in [7, 11) is 3.07. The minimum atomic E-state index is -0.356. The lowest BCUT2D eigenvalue weighted by molar-refractivity contribution is 0.131. The van der Waals surface area contributed by atoms with E-state index >= 15 is 0 Å². The summed E-state index contributed by atoms with van der Waals surface area (Å²) in [6, 6.07) is 7.77. The first-order chi connectivity index (χ1) is 11.5. The maximum atomic E-state index is 11.4. The van der Waals surface area contributed by atoms with E-state index in [0.717, 1.165) is 29.9 Å². The SMILES string of the molecule is CCCc1noc([C@H](C)Nc2ccc(CN(C)C(=O)OC)cc2)n1. The lowest BCUT2D eigenvalue weighted by Gasteiger charge is -2.16. The van der Waals surface area contributed by atoms with Crippen LogP contribution >= 0.6 is 0 Å². The number of rotatable bonds is 7. The molecule has 2 aromatic rings. The number of ether oxygens (including phenoxy) is 1. The van der Waals surface area contributed by atoms with Crippen molar-refractivity contribution in [3.63, 3.8) is 0 Å². The van der Waals surface area contributed by atoms with Gasteiger partial charge in [0.1, 0.15) is 6.04 Å². The first kappa shape index (κ1) is 17.8. The van der Waals surface area contributed by atoms with Crippen molar-refractivity contribution >= 4 is 11.8 Å². The highest BCUT2D eigenvalue weighted by atomic mass is 16.5. The van der Waals surface area contributed by atoms with Crippen LogP contribution in [0.1, 0.15) is 43.6 Å². The summed E-state index contributed by atoms with van der Waals surface area (Å²) in [6.07, 6.45) is 1.45. The fourth-order valence-electron chi connectivity index (χ4n) is 2.28. The van der Waals surface area contributed by atoms with Crippen molar-refractivity contribution in [1.29, 1.82) is 0 Å². The molecule has 7 heteroatoms. The molecule has 130 valence electrons. The van der Waals surface area contributed by atoms with Crippen LogP contribution < -0.4 is 5.32 Å². The Morgan fingerprint density at radius 1 is 1.38 bits per heavy atom. The van der Waals surface area contributed by atoms with Gasteiger partial charge in [0.2, 0.25) is 5.89 Å². The Morgan fingerprint density at radius 3 is 2.71 bits per heavy atom. The molecule has 0 saturated heterocycles. The van der Waals surface area contributed by atoms with Gasteiger partial charge in [-0.25, -0.2) is 4.79 Å². The lowest BCUT2D eigenvalue weighted by Crippen LogP contribution is -2.25. The molecule has 1 heterocycles. The van der Waals surface area contributed by atoms with Gasteiger partial charge in [-0.15, -0.1) is 0 Å². The zero-order chi connectivity index (χ0) is 17.5.